The third-order valence-electron chi connectivity index (χ3n) is 3.83. The van der Waals surface area contributed by atoms with Gasteiger partial charge >= 0.3 is 0 Å². The van der Waals surface area contributed by atoms with Crippen molar-refractivity contribution in [2.24, 2.45) is 5.92 Å². The van der Waals surface area contributed by atoms with Crippen LogP contribution in [0.3, 0.4) is 0 Å². The summed E-state index contributed by atoms with van der Waals surface area (Å²) < 4.78 is 0. The molecule has 1 aliphatic rings. The Hall–Kier alpha value is -2.40. The number of benzene rings is 1. The number of pyridine rings is 1. The summed E-state index contributed by atoms with van der Waals surface area (Å²) in [6.45, 7) is 0.810. The van der Waals surface area contributed by atoms with E-state index < -0.39 is 0 Å². The predicted molar refractivity (Wildman–Crippen MR) is 88.0 cm³/mol. The van der Waals surface area contributed by atoms with Crippen molar-refractivity contribution < 1.29 is 9.59 Å². The summed E-state index contributed by atoms with van der Waals surface area (Å²) in [6, 6.07) is 10.8. The van der Waals surface area contributed by atoms with Gasteiger partial charge in [-0.25, -0.2) is 0 Å². The first-order chi connectivity index (χ1) is 11.1. The Bertz CT molecular complexity index is 721. The largest absolute Gasteiger partial charge is 0.352 e. The Balaban J connectivity index is 1.62. The van der Waals surface area contributed by atoms with Gasteiger partial charge < -0.3 is 10.2 Å². The first kappa shape index (κ1) is 15.5. The molecular formula is C17H16ClN3O2. The molecule has 1 N–H and O–H groups in total. The minimum Gasteiger partial charge on any atom is -0.352 e. The van der Waals surface area contributed by atoms with E-state index in [1.165, 1.54) is 0 Å². The number of nitrogens with one attached hydrogen (secondary N) is 1. The Morgan fingerprint density at radius 1 is 1.30 bits per heavy atom. The Labute approximate surface area is 139 Å². The molecule has 0 saturated carbocycles. The molecule has 0 radical (unpaired) electrons. The van der Waals surface area contributed by atoms with Crippen LogP contribution >= 0.6 is 11.6 Å². The lowest BCUT2D eigenvalue weighted by molar-refractivity contribution is -0.126. The summed E-state index contributed by atoms with van der Waals surface area (Å²) in [5, 5.41) is 3.44. The van der Waals surface area contributed by atoms with Crippen LogP contribution in [-0.2, 0) is 16.1 Å². The van der Waals surface area contributed by atoms with Crippen LogP contribution in [0.15, 0.2) is 48.8 Å². The van der Waals surface area contributed by atoms with Gasteiger partial charge in [-0.05, 0) is 35.9 Å². The Morgan fingerprint density at radius 3 is 2.83 bits per heavy atom. The summed E-state index contributed by atoms with van der Waals surface area (Å²) in [5.74, 6) is -0.515. The maximum atomic E-state index is 12.3. The highest BCUT2D eigenvalue weighted by Gasteiger charge is 2.35. The summed E-state index contributed by atoms with van der Waals surface area (Å²) in [7, 11) is 0. The van der Waals surface area contributed by atoms with Crippen LogP contribution in [0.4, 0.5) is 5.69 Å². The van der Waals surface area contributed by atoms with E-state index in [0.717, 1.165) is 11.3 Å². The standard InChI is InChI=1S/C17H16ClN3O2/c18-14-2-1-3-15(9-14)21-11-13(8-16(21)22)17(23)20-10-12-4-6-19-7-5-12/h1-7,9,13H,8,10-11H2,(H,20,23). The third-order valence-corrected chi connectivity index (χ3v) is 4.07. The van der Waals surface area contributed by atoms with E-state index in [2.05, 4.69) is 10.3 Å². The number of rotatable bonds is 4. The number of hydrogen-bond acceptors (Lipinski definition) is 3. The van der Waals surface area contributed by atoms with Gasteiger partial charge in [-0.2, -0.15) is 0 Å². The van der Waals surface area contributed by atoms with E-state index in [-0.39, 0.29) is 24.2 Å². The molecule has 118 valence electrons. The fourth-order valence-corrected chi connectivity index (χ4v) is 2.80. The van der Waals surface area contributed by atoms with Gasteiger partial charge in [0.1, 0.15) is 0 Å². The second-order valence-corrected chi connectivity index (χ2v) is 5.89. The van der Waals surface area contributed by atoms with Crippen molar-refractivity contribution in [3.8, 4) is 0 Å². The zero-order valence-corrected chi connectivity index (χ0v) is 13.2. The SMILES string of the molecule is O=C(NCc1ccncc1)C1CC(=O)N(c2cccc(Cl)c2)C1. The molecule has 1 aromatic heterocycles. The van der Waals surface area contributed by atoms with Gasteiger partial charge in [0.25, 0.3) is 0 Å². The number of halogens is 1. The van der Waals surface area contributed by atoms with Crippen molar-refractivity contribution in [2.75, 3.05) is 11.4 Å². The smallest absolute Gasteiger partial charge is 0.227 e. The van der Waals surface area contributed by atoms with Crippen molar-refractivity contribution in [3.63, 3.8) is 0 Å². The molecule has 23 heavy (non-hydrogen) atoms. The van der Waals surface area contributed by atoms with Gasteiger partial charge in [0, 0.05) is 42.6 Å². The second-order valence-electron chi connectivity index (χ2n) is 5.46. The average molecular weight is 330 g/mol. The zero-order valence-electron chi connectivity index (χ0n) is 12.4. The maximum Gasteiger partial charge on any atom is 0.227 e. The molecule has 1 fully saturated rings. The molecule has 6 heteroatoms. The molecule has 2 amide bonds. The van der Waals surface area contributed by atoms with E-state index in [1.807, 2.05) is 18.2 Å². The number of aromatic nitrogens is 1. The maximum absolute atomic E-state index is 12.3. The van der Waals surface area contributed by atoms with Gasteiger partial charge in [-0.15, -0.1) is 0 Å². The normalized spacial score (nSPS) is 17.3. The Kier molecular flexibility index (Phi) is 4.57. The van der Waals surface area contributed by atoms with Crippen molar-refractivity contribution in [2.45, 2.75) is 13.0 Å². The molecule has 1 unspecified atom stereocenters. The number of nitrogens with zero attached hydrogens (tertiary/aromatic N) is 2. The van der Waals surface area contributed by atoms with Crippen LogP contribution in [0, 0.1) is 5.92 Å². The topological polar surface area (TPSA) is 62.3 Å². The number of anilines is 1. The Morgan fingerprint density at radius 2 is 2.09 bits per heavy atom. The number of hydrogen-bond donors (Lipinski definition) is 1. The van der Waals surface area contributed by atoms with E-state index >= 15 is 0 Å². The van der Waals surface area contributed by atoms with Crippen LogP contribution in [0.2, 0.25) is 5.02 Å². The molecule has 1 atom stereocenters. The average Bonchev–Trinajstić information content (AvgIpc) is 2.95. The minimum atomic E-state index is -0.344. The van der Waals surface area contributed by atoms with Gasteiger partial charge in [0.15, 0.2) is 0 Å². The molecular weight excluding hydrogens is 314 g/mol. The zero-order chi connectivity index (χ0) is 16.2. The van der Waals surface area contributed by atoms with E-state index in [1.54, 1.807) is 35.5 Å². The van der Waals surface area contributed by atoms with Crippen molar-refractivity contribution >= 4 is 29.1 Å². The van der Waals surface area contributed by atoms with Gasteiger partial charge in [0.05, 0.1) is 5.92 Å². The minimum absolute atomic E-state index is 0.0590. The highest BCUT2D eigenvalue weighted by molar-refractivity contribution is 6.30. The molecule has 2 heterocycles. The lowest BCUT2D eigenvalue weighted by Crippen LogP contribution is -2.32. The molecule has 2 aromatic rings. The summed E-state index contributed by atoms with van der Waals surface area (Å²) in [6.07, 6.45) is 3.58. The van der Waals surface area contributed by atoms with Crippen LogP contribution in [-0.4, -0.2) is 23.3 Å². The molecule has 0 bridgehead atoms. The summed E-state index contributed by atoms with van der Waals surface area (Å²) in [5.41, 5.74) is 1.70. The number of carbonyl (C=O) groups excluding carboxylic acids is 2. The molecule has 3 rings (SSSR count). The lowest BCUT2D eigenvalue weighted by Gasteiger charge is -2.17. The van der Waals surface area contributed by atoms with E-state index in [0.29, 0.717) is 18.1 Å². The number of amides is 2. The fraction of sp³-hybridized carbons (Fsp3) is 0.235. The second kappa shape index (κ2) is 6.79. The van der Waals surface area contributed by atoms with Gasteiger partial charge in [-0.3, -0.25) is 14.6 Å². The first-order valence-corrected chi connectivity index (χ1v) is 7.74. The monoisotopic (exact) mass is 329 g/mol. The van der Waals surface area contributed by atoms with Crippen LogP contribution < -0.4 is 10.2 Å². The van der Waals surface area contributed by atoms with Crippen LogP contribution in [0.25, 0.3) is 0 Å². The van der Waals surface area contributed by atoms with E-state index in [4.69, 9.17) is 11.6 Å². The lowest BCUT2D eigenvalue weighted by atomic mass is 10.1. The molecule has 5 nitrogen and oxygen atoms in total. The summed E-state index contributed by atoms with van der Waals surface area (Å²) in [4.78, 5) is 30.0. The van der Waals surface area contributed by atoms with Crippen molar-refractivity contribution in [1.29, 1.82) is 0 Å². The fourth-order valence-electron chi connectivity index (χ4n) is 2.61. The molecule has 1 saturated heterocycles. The highest BCUT2D eigenvalue weighted by atomic mass is 35.5. The van der Waals surface area contributed by atoms with Crippen LogP contribution in [0.1, 0.15) is 12.0 Å². The van der Waals surface area contributed by atoms with Gasteiger partial charge in [-0.1, -0.05) is 17.7 Å². The van der Waals surface area contributed by atoms with Crippen LogP contribution in [0.5, 0.6) is 0 Å². The summed E-state index contributed by atoms with van der Waals surface area (Å²) >= 11 is 5.97. The van der Waals surface area contributed by atoms with Gasteiger partial charge in [0.2, 0.25) is 11.8 Å². The van der Waals surface area contributed by atoms with E-state index in [9.17, 15) is 9.59 Å². The third kappa shape index (κ3) is 3.68. The molecule has 0 aliphatic carbocycles. The predicted octanol–water partition coefficient (Wildman–Crippen LogP) is 2.40. The molecule has 1 aliphatic heterocycles. The number of carbonyl (C=O) groups is 2. The molecule has 1 aromatic carbocycles. The quantitative estimate of drug-likeness (QED) is 0.937. The van der Waals surface area contributed by atoms with Crippen molar-refractivity contribution in [1.82, 2.24) is 10.3 Å². The molecule has 0 spiro atoms. The highest BCUT2D eigenvalue weighted by Crippen LogP contribution is 2.27. The first-order valence-electron chi connectivity index (χ1n) is 7.36. The van der Waals surface area contributed by atoms with Crippen molar-refractivity contribution in [3.05, 3.63) is 59.4 Å².